The van der Waals surface area contributed by atoms with E-state index in [0.29, 0.717) is 6.54 Å². The van der Waals surface area contributed by atoms with Crippen molar-refractivity contribution in [1.82, 2.24) is 10.6 Å². The van der Waals surface area contributed by atoms with E-state index in [-0.39, 0.29) is 18.3 Å². The molecule has 0 aliphatic rings. The van der Waals surface area contributed by atoms with E-state index in [1.165, 1.54) is 10.4 Å². The zero-order valence-electron chi connectivity index (χ0n) is 12.0. The minimum Gasteiger partial charge on any atom is -0.350 e. The summed E-state index contributed by atoms with van der Waals surface area (Å²) in [5, 5.41) is 6.14. The topological polar surface area (TPSA) is 41.1 Å². The summed E-state index contributed by atoms with van der Waals surface area (Å²) in [6.07, 6.45) is 3.23. The molecule has 0 aliphatic carbocycles. The normalized spacial score (nSPS) is 10.1. The van der Waals surface area contributed by atoms with Crippen LogP contribution in [-0.4, -0.2) is 25.5 Å². The highest BCUT2D eigenvalue weighted by atomic mass is 35.5. The lowest BCUT2D eigenvalue weighted by Crippen LogP contribution is -2.31. The van der Waals surface area contributed by atoms with Gasteiger partial charge in [0.05, 0.1) is 4.88 Å². The number of rotatable bonds is 8. The number of carbonyl (C=O) groups excluding carboxylic acids is 1. The van der Waals surface area contributed by atoms with Crippen molar-refractivity contribution in [3.8, 4) is 0 Å². The van der Waals surface area contributed by atoms with E-state index in [2.05, 4.69) is 37.5 Å². The Bertz CT molecular complexity index is 380. The number of hydrogen-bond donors (Lipinski definition) is 2. The first kappa shape index (κ1) is 18.4. The molecule has 0 aliphatic heterocycles. The van der Waals surface area contributed by atoms with Gasteiger partial charge in [-0.3, -0.25) is 4.79 Å². The molecule has 0 aromatic carbocycles. The summed E-state index contributed by atoms with van der Waals surface area (Å²) in [5.74, 6) is 0.0648. The Morgan fingerprint density at radius 2 is 2.00 bits per heavy atom. The molecule has 0 spiro atoms. The minimum absolute atomic E-state index is 0. The molecule has 3 nitrogen and oxygen atoms in total. The Hall–Kier alpha value is -0.580. The van der Waals surface area contributed by atoms with Crippen LogP contribution in [0.15, 0.2) is 6.07 Å². The van der Waals surface area contributed by atoms with Gasteiger partial charge in [-0.25, -0.2) is 0 Å². The average molecular weight is 305 g/mol. The molecule has 0 saturated carbocycles. The first-order chi connectivity index (χ1) is 8.72. The lowest BCUT2D eigenvalue weighted by molar-refractivity contribution is 0.0958. The van der Waals surface area contributed by atoms with Crippen LogP contribution < -0.4 is 10.6 Å². The highest BCUT2D eigenvalue weighted by Crippen LogP contribution is 2.24. The first-order valence-corrected chi connectivity index (χ1v) is 7.65. The van der Waals surface area contributed by atoms with Crippen LogP contribution in [0, 0.1) is 0 Å². The van der Waals surface area contributed by atoms with Gasteiger partial charge in [-0.1, -0.05) is 27.2 Å². The van der Waals surface area contributed by atoms with Crippen LogP contribution in [0.2, 0.25) is 0 Å². The summed E-state index contributed by atoms with van der Waals surface area (Å²) in [6.45, 7) is 8.84. The summed E-state index contributed by atoms with van der Waals surface area (Å²) in [4.78, 5) is 14.2. The van der Waals surface area contributed by atoms with Gasteiger partial charge in [0.25, 0.3) is 5.91 Å². The van der Waals surface area contributed by atoms with Crippen molar-refractivity contribution in [3.05, 3.63) is 21.4 Å². The van der Waals surface area contributed by atoms with Crippen molar-refractivity contribution in [1.29, 1.82) is 0 Å². The zero-order valence-corrected chi connectivity index (χ0v) is 13.7. The number of amides is 1. The highest BCUT2D eigenvalue weighted by molar-refractivity contribution is 7.14. The lowest BCUT2D eigenvalue weighted by atomic mass is 10.1. The Kier molecular flexibility index (Phi) is 9.92. The summed E-state index contributed by atoms with van der Waals surface area (Å²) < 4.78 is 0. The summed E-state index contributed by atoms with van der Waals surface area (Å²) in [5.41, 5.74) is 1.33. The Balaban J connectivity index is 0.00000324. The van der Waals surface area contributed by atoms with E-state index >= 15 is 0 Å². The highest BCUT2D eigenvalue weighted by Gasteiger charge is 2.12. The molecule has 0 bridgehead atoms. The molecule has 1 amide bonds. The largest absolute Gasteiger partial charge is 0.350 e. The van der Waals surface area contributed by atoms with Crippen molar-refractivity contribution in [3.63, 3.8) is 0 Å². The second-order valence-electron chi connectivity index (χ2n) is 4.27. The molecule has 1 heterocycles. The van der Waals surface area contributed by atoms with E-state index in [4.69, 9.17) is 0 Å². The molecular formula is C14H25ClN2OS. The van der Waals surface area contributed by atoms with Crippen LogP contribution in [0.1, 0.15) is 47.3 Å². The van der Waals surface area contributed by atoms with Gasteiger partial charge in [0.2, 0.25) is 0 Å². The van der Waals surface area contributed by atoms with Gasteiger partial charge in [-0.2, -0.15) is 0 Å². The quantitative estimate of drug-likeness (QED) is 0.725. The van der Waals surface area contributed by atoms with Crippen molar-refractivity contribution in [2.75, 3.05) is 19.6 Å². The van der Waals surface area contributed by atoms with Gasteiger partial charge in [0, 0.05) is 18.0 Å². The second kappa shape index (κ2) is 10.2. The third kappa shape index (κ3) is 5.93. The molecule has 0 saturated heterocycles. The molecule has 110 valence electrons. The van der Waals surface area contributed by atoms with E-state index in [9.17, 15) is 4.79 Å². The van der Waals surface area contributed by atoms with Crippen LogP contribution in [0.4, 0.5) is 0 Å². The van der Waals surface area contributed by atoms with Crippen LogP contribution in [0.3, 0.4) is 0 Å². The summed E-state index contributed by atoms with van der Waals surface area (Å²) in [7, 11) is 0. The lowest BCUT2D eigenvalue weighted by Gasteiger charge is -2.03. The fourth-order valence-corrected chi connectivity index (χ4v) is 3.12. The van der Waals surface area contributed by atoms with E-state index < -0.39 is 0 Å². The van der Waals surface area contributed by atoms with E-state index in [1.54, 1.807) is 11.3 Å². The molecule has 5 heteroatoms. The molecule has 1 aromatic rings. The van der Waals surface area contributed by atoms with Gasteiger partial charge < -0.3 is 10.6 Å². The molecule has 2 N–H and O–H groups in total. The third-order valence-corrected chi connectivity index (χ3v) is 4.05. The van der Waals surface area contributed by atoms with Crippen molar-refractivity contribution < 1.29 is 4.79 Å². The van der Waals surface area contributed by atoms with Gasteiger partial charge in [0.15, 0.2) is 0 Å². The second-order valence-corrected chi connectivity index (χ2v) is 5.41. The maximum Gasteiger partial charge on any atom is 0.261 e. The maximum absolute atomic E-state index is 12.0. The predicted molar refractivity (Wildman–Crippen MR) is 85.8 cm³/mol. The fraction of sp³-hybridized carbons (Fsp3) is 0.643. The minimum atomic E-state index is 0. The average Bonchev–Trinajstić information content (AvgIpc) is 2.78. The first-order valence-electron chi connectivity index (χ1n) is 6.83. The van der Waals surface area contributed by atoms with Crippen LogP contribution >= 0.6 is 23.7 Å². The van der Waals surface area contributed by atoms with Gasteiger partial charge in [0.1, 0.15) is 0 Å². The predicted octanol–water partition coefficient (Wildman–Crippen LogP) is 3.02. The Labute approximate surface area is 126 Å². The van der Waals surface area contributed by atoms with Crippen LogP contribution in [0.5, 0.6) is 0 Å². The molecule has 19 heavy (non-hydrogen) atoms. The number of aryl methyl sites for hydroxylation is 2. The molecule has 1 aromatic heterocycles. The zero-order chi connectivity index (χ0) is 13.4. The van der Waals surface area contributed by atoms with Gasteiger partial charge >= 0.3 is 0 Å². The molecule has 0 radical (unpaired) electrons. The molecule has 1 rings (SSSR count). The van der Waals surface area contributed by atoms with Crippen molar-refractivity contribution in [2.45, 2.75) is 40.0 Å². The number of nitrogens with one attached hydrogen (secondary N) is 2. The maximum atomic E-state index is 12.0. The number of likely N-dealkylation sites (N-methyl/N-ethyl adjacent to an activating group) is 1. The Morgan fingerprint density at radius 3 is 2.58 bits per heavy atom. The summed E-state index contributed by atoms with van der Waals surface area (Å²) >= 11 is 1.65. The molecular weight excluding hydrogens is 280 g/mol. The van der Waals surface area contributed by atoms with Gasteiger partial charge in [-0.05, 0) is 31.0 Å². The number of halogens is 1. The van der Waals surface area contributed by atoms with Crippen LogP contribution in [0.25, 0.3) is 0 Å². The Morgan fingerprint density at radius 1 is 1.26 bits per heavy atom. The molecule has 0 fully saturated rings. The number of hydrogen-bond acceptors (Lipinski definition) is 3. The fourth-order valence-electron chi connectivity index (χ4n) is 1.84. The van der Waals surface area contributed by atoms with Crippen molar-refractivity contribution >= 4 is 29.7 Å². The number of carbonyl (C=O) groups is 1. The van der Waals surface area contributed by atoms with Crippen molar-refractivity contribution in [2.24, 2.45) is 0 Å². The standard InChI is InChI=1S/C14H24N2OS.ClH/c1-4-7-12-11(5-2)10-13(18-12)14(17)16-9-8-15-6-3;/h10,15H,4-9H2,1-3H3,(H,16,17);1H. The number of thiophene rings is 1. The third-order valence-electron chi connectivity index (χ3n) is 2.82. The van der Waals surface area contributed by atoms with E-state index in [0.717, 1.165) is 37.2 Å². The smallest absolute Gasteiger partial charge is 0.261 e. The molecule has 0 unspecified atom stereocenters. The van der Waals surface area contributed by atoms with Gasteiger partial charge in [-0.15, -0.1) is 23.7 Å². The summed E-state index contributed by atoms with van der Waals surface area (Å²) in [6, 6.07) is 2.05. The van der Waals surface area contributed by atoms with Crippen LogP contribution in [-0.2, 0) is 12.8 Å². The monoisotopic (exact) mass is 304 g/mol. The SMILES string of the molecule is CCCc1sc(C(=O)NCCNCC)cc1CC.Cl. The van der Waals surface area contributed by atoms with E-state index in [1.807, 2.05) is 0 Å². The molecule has 0 atom stereocenters.